The number of benzene rings is 3. The first-order chi connectivity index (χ1) is 13.7. The van der Waals surface area contributed by atoms with E-state index in [4.69, 9.17) is 0 Å². The van der Waals surface area contributed by atoms with Crippen LogP contribution >= 0.6 is 0 Å². The van der Waals surface area contributed by atoms with Crippen LogP contribution in [0.15, 0.2) is 84.9 Å². The maximum absolute atomic E-state index is 12.2. The Morgan fingerprint density at radius 1 is 0.857 bits per heavy atom. The molecule has 3 heteroatoms. The molecule has 2 atom stereocenters. The summed E-state index contributed by atoms with van der Waals surface area (Å²) in [7, 11) is 0. The van der Waals surface area contributed by atoms with Crippen LogP contribution in [0.25, 0.3) is 0 Å². The van der Waals surface area contributed by atoms with Crippen LogP contribution in [-0.4, -0.2) is 12.1 Å². The van der Waals surface area contributed by atoms with Crippen molar-refractivity contribution < 1.29 is 4.79 Å². The lowest BCUT2D eigenvalue weighted by Gasteiger charge is -2.40. The third kappa shape index (κ3) is 3.94. The number of hydrogen-bond donors (Lipinski definition) is 1. The maximum atomic E-state index is 12.2. The molecule has 1 aliphatic rings. The Morgan fingerprint density at radius 2 is 1.39 bits per heavy atom. The molecule has 0 bridgehead atoms. The molecule has 142 valence electrons. The number of nitrogens with zero attached hydrogens (tertiary/aromatic N) is 1. The largest absolute Gasteiger partial charge is 0.336 e. The molecule has 2 unspecified atom stereocenters. The molecule has 4 rings (SSSR count). The molecule has 0 heterocycles. The van der Waals surface area contributed by atoms with Crippen molar-refractivity contribution in [3.63, 3.8) is 0 Å². The van der Waals surface area contributed by atoms with Crippen LogP contribution in [0.4, 0.5) is 11.4 Å². The standard InChI is InChI=1S/C25H26N2O/c1-19(28)26-25(22-17-16-20-10-8-9-11-21(20)18-22)27(23-12-4-2-5-13-23)24-14-6-3-7-15-24/h2-15,22,25H,16-18H2,1H3,(H,26,28). The summed E-state index contributed by atoms with van der Waals surface area (Å²) >= 11 is 0. The summed E-state index contributed by atoms with van der Waals surface area (Å²) in [6, 6.07) is 29.4. The SMILES string of the molecule is CC(=O)NC(C1CCc2ccccc2C1)N(c1ccccc1)c1ccccc1. The Bertz CT molecular complexity index is 884. The van der Waals surface area contributed by atoms with Gasteiger partial charge in [-0.25, -0.2) is 0 Å². The van der Waals surface area contributed by atoms with Crippen LogP contribution in [-0.2, 0) is 17.6 Å². The van der Waals surface area contributed by atoms with E-state index in [0.29, 0.717) is 5.92 Å². The van der Waals surface area contributed by atoms with Gasteiger partial charge in [0.25, 0.3) is 0 Å². The summed E-state index contributed by atoms with van der Waals surface area (Å²) in [6.45, 7) is 1.61. The lowest BCUT2D eigenvalue weighted by Crippen LogP contribution is -2.51. The molecule has 1 aliphatic carbocycles. The van der Waals surface area contributed by atoms with Gasteiger partial charge in [0, 0.05) is 24.2 Å². The number of hydrogen-bond acceptors (Lipinski definition) is 2. The molecule has 0 fully saturated rings. The van der Waals surface area contributed by atoms with Gasteiger partial charge in [0.15, 0.2) is 0 Å². The normalized spacial score (nSPS) is 16.7. The fraction of sp³-hybridized carbons (Fsp3) is 0.240. The number of rotatable bonds is 5. The molecule has 0 aliphatic heterocycles. The number of fused-ring (bicyclic) bond motifs is 1. The van der Waals surface area contributed by atoms with Gasteiger partial charge in [0.05, 0.1) is 0 Å². The van der Waals surface area contributed by atoms with Crippen molar-refractivity contribution in [2.75, 3.05) is 4.90 Å². The van der Waals surface area contributed by atoms with Crippen molar-refractivity contribution >= 4 is 17.3 Å². The molecule has 3 nitrogen and oxygen atoms in total. The summed E-state index contributed by atoms with van der Waals surface area (Å²) in [5, 5.41) is 3.26. The number of anilines is 2. The Labute approximate surface area is 167 Å². The van der Waals surface area contributed by atoms with E-state index in [2.05, 4.69) is 58.7 Å². The van der Waals surface area contributed by atoms with Crippen LogP contribution in [0.1, 0.15) is 24.5 Å². The quantitative estimate of drug-likeness (QED) is 0.634. The van der Waals surface area contributed by atoms with E-state index in [1.54, 1.807) is 6.92 Å². The predicted octanol–water partition coefficient (Wildman–Crippen LogP) is 5.09. The third-order valence-corrected chi connectivity index (χ3v) is 5.53. The molecule has 1 N–H and O–H groups in total. The number of nitrogens with one attached hydrogen (secondary N) is 1. The molecule has 0 radical (unpaired) electrons. The third-order valence-electron chi connectivity index (χ3n) is 5.53. The molecule has 0 saturated heterocycles. The summed E-state index contributed by atoms with van der Waals surface area (Å²) in [5.74, 6) is 0.333. The number of para-hydroxylation sites is 2. The predicted molar refractivity (Wildman–Crippen MR) is 115 cm³/mol. The molecule has 1 amide bonds. The highest BCUT2D eigenvalue weighted by molar-refractivity contribution is 5.75. The van der Waals surface area contributed by atoms with E-state index < -0.39 is 0 Å². The van der Waals surface area contributed by atoms with E-state index in [1.807, 2.05) is 36.4 Å². The van der Waals surface area contributed by atoms with Gasteiger partial charge >= 0.3 is 0 Å². The van der Waals surface area contributed by atoms with Crippen molar-refractivity contribution in [1.29, 1.82) is 0 Å². The molecule has 0 aromatic heterocycles. The topological polar surface area (TPSA) is 32.3 Å². The minimum Gasteiger partial charge on any atom is -0.336 e. The van der Waals surface area contributed by atoms with Crippen LogP contribution in [0.2, 0.25) is 0 Å². The molecule has 3 aromatic carbocycles. The molecule has 28 heavy (non-hydrogen) atoms. The maximum Gasteiger partial charge on any atom is 0.218 e. The van der Waals surface area contributed by atoms with Crippen molar-refractivity contribution in [3.05, 3.63) is 96.1 Å². The summed E-state index contributed by atoms with van der Waals surface area (Å²) in [4.78, 5) is 14.4. The van der Waals surface area contributed by atoms with Gasteiger partial charge in [0.1, 0.15) is 6.17 Å². The number of carbonyl (C=O) groups excluding carboxylic acids is 1. The second-order valence-electron chi connectivity index (χ2n) is 7.46. The molecule has 0 saturated carbocycles. The van der Waals surface area contributed by atoms with E-state index in [9.17, 15) is 4.79 Å². The highest BCUT2D eigenvalue weighted by atomic mass is 16.1. The van der Waals surface area contributed by atoms with Crippen LogP contribution < -0.4 is 10.2 Å². The first-order valence-electron chi connectivity index (χ1n) is 9.95. The Hall–Kier alpha value is -3.07. The van der Waals surface area contributed by atoms with Gasteiger partial charge < -0.3 is 10.2 Å². The lowest BCUT2D eigenvalue weighted by atomic mass is 9.81. The lowest BCUT2D eigenvalue weighted by molar-refractivity contribution is -0.120. The Balaban J connectivity index is 1.74. The van der Waals surface area contributed by atoms with E-state index >= 15 is 0 Å². The highest BCUT2D eigenvalue weighted by Gasteiger charge is 2.32. The fourth-order valence-electron chi connectivity index (χ4n) is 4.24. The summed E-state index contributed by atoms with van der Waals surface area (Å²) in [5.41, 5.74) is 5.01. The van der Waals surface area contributed by atoms with Gasteiger partial charge in [-0.3, -0.25) is 4.79 Å². The van der Waals surface area contributed by atoms with E-state index in [1.165, 1.54) is 11.1 Å². The van der Waals surface area contributed by atoms with Crippen molar-refractivity contribution in [1.82, 2.24) is 5.32 Å². The van der Waals surface area contributed by atoms with Gasteiger partial charge in [-0.05, 0) is 54.7 Å². The van der Waals surface area contributed by atoms with Crippen molar-refractivity contribution in [2.24, 2.45) is 5.92 Å². The van der Waals surface area contributed by atoms with Gasteiger partial charge in [-0.15, -0.1) is 0 Å². The van der Waals surface area contributed by atoms with E-state index in [-0.39, 0.29) is 12.1 Å². The smallest absolute Gasteiger partial charge is 0.218 e. The minimum atomic E-state index is -0.101. The molecule has 3 aromatic rings. The molecular formula is C25H26N2O. The van der Waals surface area contributed by atoms with Gasteiger partial charge in [0.2, 0.25) is 5.91 Å². The molecule has 0 spiro atoms. The fourth-order valence-corrected chi connectivity index (χ4v) is 4.24. The van der Waals surface area contributed by atoms with Gasteiger partial charge in [-0.1, -0.05) is 60.7 Å². The van der Waals surface area contributed by atoms with Crippen molar-refractivity contribution in [2.45, 2.75) is 32.4 Å². The average Bonchev–Trinajstić information content (AvgIpc) is 2.74. The second-order valence-corrected chi connectivity index (χ2v) is 7.46. The highest BCUT2D eigenvalue weighted by Crippen LogP contribution is 2.35. The number of amides is 1. The first-order valence-corrected chi connectivity index (χ1v) is 9.95. The zero-order valence-electron chi connectivity index (χ0n) is 16.2. The summed E-state index contributed by atoms with van der Waals surface area (Å²) < 4.78 is 0. The number of aryl methyl sites for hydroxylation is 1. The van der Waals surface area contributed by atoms with Crippen LogP contribution in [0.5, 0.6) is 0 Å². The second kappa shape index (κ2) is 8.30. The molecular weight excluding hydrogens is 344 g/mol. The average molecular weight is 370 g/mol. The van der Waals surface area contributed by atoms with E-state index in [0.717, 1.165) is 30.6 Å². The minimum absolute atomic E-state index is 0.000667. The number of carbonyl (C=O) groups is 1. The monoisotopic (exact) mass is 370 g/mol. The zero-order valence-corrected chi connectivity index (χ0v) is 16.2. The first kappa shape index (κ1) is 18.3. The van der Waals surface area contributed by atoms with Crippen LogP contribution in [0.3, 0.4) is 0 Å². The summed E-state index contributed by atoms with van der Waals surface area (Å²) in [6.07, 6.45) is 2.97. The van der Waals surface area contributed by atoms with Crippen molar-refractivity contribution in [3.8, 4) is 0 Å². The van der Waals surface area contributed by atoms with Gasteiger partial charge in [-0.2, -0.15) is 0 Å². The Kier molecular flexibility index (Phi) is 5.43. The van der Waals surface area contributed by atoms with Crippen LogP contribution in [0, 0.1) is 5.92 Å². The zero-order chi connectivity index (χ0) is 19.3. The Morgan fingerprint density at radius 3 is 1.96 bits per heavy atom.